The van der Waals surface area contributed by atoms with E-state index in [1.807, 2.05) is 48.5 Å². The third kappa shape index (κ3) is 3.54. The van der Waals surface area contributed by atoms with Gasteiger partial charge in [-0.1, -0.05) is 29.8 Å². The van der Waals surface area contributed by atoms with Crippen LogP contribution in [0.4, 0.5) is 0 Å². The quantitative estimate of drug-likeness (QED) is 0.710. The van der Waals surface area contributed by atoms with Gasteiger partial charge in [-0.2, -0.15) is 5.10 Å². The van der Waals surface area contributed by atoms with E-state index in [1.54, 1.807) is 17.9 Å². The van der Waals surface area contributed by atoms with Crippen molar-refractivity contribution in [2.24, 2.45) is 0 Å². The summed E-state index contributed by atoms with van der Waals surface area (Å²) in [5, 5.41) is 11.7. The van der Waals surface area contributed by atoms with Gasteiger partial charge >= 0.3 is 0 Å². The maximum atomic E-state index is 12.3. The van der Waals surface area contributed by atoms with Gasteiger partial charge in [-0.05, 0) is 42.0 Å². The van der Waals surface area contributed by atoms with E-state index in [1.165, 1.54) is 0 Å². The number of aromatic nitrogens is 2. The number of nitrogens with one attached hydrogen (secondary N) is 2. The van der Waals surface area contributed by atoms with Crippen molar-refractivity contribution in [2.75, 3.05) is 13.7 Å². The zero-order valence-corrected chi connectivity index (χ0v) is 15.5. The van der Waals surface area contributed by atoms with Gasteiger partial charge in [0.25, 0.3) is 5.91 Å². The molecule has 1 aliphatic heterocycles. The van der Waals surface area contributed by atoms with Crippen molar-refractivity contribution in [1.82, 2.24) is 20.4 Å². The molecule has 2 heterocycles. The number of hydrogen-bond acceptors (Lipinski definition) is 4. The Kier molecular flexibility index (Phi) is 4.83. The SMILES string of the molecule is COc1ccc(-c2cc3n(n2)[C@@H](NCc2ccccc2Cl)CNC3=O)cc1. The summed E-state index contributed by atoms with van der Waals surface area (Å²) in [5.41, 5.74) is 3.20. The Labute approximate surface area is 162 Å². The van der Waals surface area contributed by atoms with Crippen LogP contribution in [0.3, 0.4) is 0 Å². The van der Waals surface area contributed by atoms with Crippen LogP contribution >= 0.6 is 11.6 Å². The summed E-state index contributed by atoms with van der Waals surface area (Å²) < 4.78 is 6.94. The van der Waals surface area contributed by atoms with Gasteiger partial charge in [0.05, 0.1) is 19.3 Å². The molecule has 27 heavy (non-hydrogen) atoms. The summed E-state index contributed by atoms with van der Waals surface area (Å²) in [4.78, 5) is 12.3. The van der Waals surface area contributed by atoms with Crippen LogP contribution in [0.1, 0.15) is 22.2 Å². The third-order valence-corrected chi connectivity index (χ3v) is 4.96. The second kappa shape index (κ2) is 7.42. The molecule has 1 atom stereocenters. The predicted molar refractivity (Wildman–Crippen MR) is 104 cm³/mol. The number of halogens is 1. The molecule has 2 N–H and O–H groups in total. The Hall–Kier alpha value is -2.83. The molecule has 4 rings (SSSR count). The van der Waals surface area contributed by atoms with Gasteiger partial charge in [0, 0.05) is 17.1 Å². The third-order valence-electron chi connectivity index (χ3n) is 4.59. The Balaban J connectivity index is 1.59. The van der Waals surface area contributed by atoms with Crippen LogP contribution in [-0.4, -0.2) is 29.3 Å². The van der Waals surface area contributed by atoms with Crippen molar-refractivity contribution in [3.63, 3.8) is 0 Å². The van der Waals surface area contributed by atoms with Gasteiger partial charge in [0.1, 0.15) is 17.6 Å². The summed E-state index contributed by atoms with van der Waals surface area (Å²) in [5.74, 6) is 0.651. The molecule has 1 amide bonds. The standard InChI is InChI=1S/C20H19ClN4O2/c1-27-15-8-6-13(7-9-15)17-10-18-20(26)23-12-19(25(18)24-17)22-11-14-4-2-3-5-16(14)21/h2-10,19,22H,11-12H2,1H3,(H,23,26)/t19-/m1/s1. The number of carbonyl (C=O) groups is 1. The van der Waals surface area contributed by atoms with Crippen molar-refractivity contribution >= 4 is 17.5 Å². The minimum Gasteiger partial charge on any atom is -0.497 e. The molecule has 0 unspecified atom stereocenters. The lowest BCUT2D eigenvalue weighted by molar-refractivity contribution is 0.0900. The highest BCUT2D eigenvalue weighted by atomic mass is 35.5. The molecule has 0 fully saturated rings. The highest BCUT2D eigenvalue weighted by Gasteiger charge is 2.27. The fraction of sp³-hybridized carbons (Fsp3) is 0.200. The molecule has 7 heteroatoms. The maximum Gasteiger partial charge on any atom is 0.269 e. The van der Waals surface area contributed by atoms with Crippen LogP contribution in [0.5, 0.6) is 5.75 Å². The van der Waals surface area contributed by atoms with Crippen LogP contribution in [-0.2, 0) is 6.54 Å². The van der Waals surface area contributed by atoms with Gasteiger partial charge < -0.3 is 10.1 Å². The zero-order valence-electron chi connectivity index (χ0n) is 14.8. The van der Waals surface area contributed by atoms with Crippen molar-refractivity contribution in [2.45, 2.75) is 12.7 Å². The van der Waals surface area contributed by atoms with Crippen LogP contribution in [0.25, 0.3) is 11.3 Å². The smallest absolute Gasteiger partial charge is 0.269 e. The number of rotatable bonds is 5. The predicted octanol–water partition coefficient (Wildman–Crippen LogP) is 3.24. The molecule has 0 aliphatic carbocycles. The zero-order chi connectivity index (χ0) is 18.8. The Morgan fingerprint density at radius 3 is 2.78 bits per heavy atom. The van der Waals surface area contributed by atoms with E-state index in [-0.39, 0.29) is 12.1 Å². The second-order valence-corrected chi connectivity index (χ2v) is 6.69. The van der Waals surface area contributed by atoms with E-state index in [2.05, 4.69) is 15.7 Å². The van der Waals surface area contributed by atoms with Gasteiger partial charge in [-0.3, -0.25) is 10.1 Å². The lowest BCUT2D eigenvalue weighted by Crippen LogP contribution is -2.45. The minimum atomic E-state index is -0.152. The summed E-state index contributed by atoms with van der Waals surface area (Å²) >= 11 is 6.23. The first-order chi connectivity index (χ1) is 13.2. The fourth-order valence-corrected chi connectivity index (χ4v) is 3.30. The number of fused-ring (bicyclic) bond motifs is 1. The lowest BCUT2D eigenvalue weighted by atomic mass is 10.1. The largest absolute Gasteiger partial charge is 0.497 e. The molecule has 0 bridgehead atoms. The number of hydrogen-bond donors (Lipinski definition) is 2. The van der Waals surface area contributed by atoms with E-state index in [0.717, 1.165) is 22.6 Å². The lowest BCUT2D eigenvalue weighted by Gasteiger charge is -2.26. The fourth-order valence-electron chi connectivity index (χ4n) is 3.10. The summed E-state index contributed by atoms with van der Waals surface area (Å²) in [6.45, 7) is 1.04. The van der Waals surface area contributed by atoms with Crippen molar-refractivity contribution < 1.29 is 9.53 Å². The highest BCUT2D eigenvalue weighted by molar-refractivity contribution is 6.31. The molecular formula is C20H19ClN4O2. The number of benzene rings is 2. The monoisotopic (exact) mass is 382 g/mol. The minimum absolute atomic E-state index is 0.127. The maximum absolute atomic E-state index is 12.3. The van der Waals surface area contributed by atoms with Crippen LogP contribution < -0.4 is 15.4 Å². The Morgan fingerprint density at radius 1 is 1.26 bits per heavy atom. The number of nitrogens with zero attached hydrogens (tertiary/aromatic N) is 2. The molecule has 1 aliphatic rings. The summed E-state index contributed by atoms with van der Waals surface area (Å²) in [7, 11) is 1.63. The molecule has 0 saturated carbocycles. The summed E-state index contributed by atoms with van der Waals surface area (Å²) in [6, 6.07) is 17.1. The van der Waals surface area contributed by atoms with Crippen molar-refractivity contribution in [3.05, 3.63) is 70.9 Å². The molecule has 0 radical (unpaired) electrons. The van der Waals surface area contributed by atoms with Gasteiger partial charge in [-0.15, -0.1) is 0 Å². The molecular weight excluding hydrogens is 364 g/mol. The molecule has 0 spiro atoms. The number of amides is 1. The van der Waals surface area contributed by atoms with E-state index in [4.69, 9.17) is 16.3 Å². The van der Waals surface area contributed by atoms with Gasteiger partial charge in [-0.25, -0.2) is 4.68 Å². The number of ether oxygens (including phenoxy) is 1. The molecule has 138 valence electrons. The molecule has 0 saturated heterocycles. The number of carbonyl (C=O) groups excluding carboxylic acids is 1. The Bertz CT molecular complexity index is 968. The average molecular weight is 383 g/mol. The first kappa shape index (κ1) is 17.6. The van der Waals surface area contributed by atoms with Crippen molar-refractivity contribution in [1.29, 1.82) is 0 Å². The summed E-state index contributed by atoms with van der Waals surface area (Å²) in [6.07, 6.45) is -0.152. The van der Waals surface area contributed by atoms with Crippen LogP contribution in [0.15, 0.2) is 54.6 Å². The normalized spacial score (nSPS) is 15.9. The number of methoxy groups -OCH3 is 1. The molecule has 1 aromatic heterocycles. The van der Waals surface area contributed by atoms with E-state index < -0.39 is 0 Å². The van der Waals surface area contributed by atoms with E-state index in [9.17, 15) is 4.79 Å². The first-order valence-electron chi connectivity index (χ1n) is 8.64. The second-order valence-electron chi connectivity index (χ2n) is 6.29. The first-order valence-corrected chi connectivity index (χ1v) is 9.02. The van der Waals surface area contributed by atoms with Crippen LogP contribution in [0.2, 0.25) is 5.02 Å². The van der Waals surface area contributed by atoms with E-state index >= 15 is 0 Å². The average Bonchev–Trinajstić information content (AvgIpc) is 3.15. The molecule has 2 aromatic carbocycles. The van der Waals surface area contributed by atoms with Gasteiger partial charge in [0.2, 0.25) is 0 Å². The van der Waals surface area contributed by atoms with Crippen LogP contribution in [0, 0.1) is 0 Å². The highest BCUT2D eigenvalue weighted by Crippen LogP contribution is 2.25. The molecule has 6 nitrogen and oxygen atoms in total. The molecule has 3 aromatic rings. The topological polar surface area (TPSA) is 68.2 Å². The van der Waals surface area contributed by atoms with Crippen molar-refractivity contribution in [3.8, 4) is 17.0 Å². The van der Waals surface area contributed by atoms with Gasteiger partial charge in [0.15, 0.2) is 0 Å². The van der Waals surface area contributed by atoms with E-state index in [0.29, 0.717) is 23.8 Å². The Morgan fingerprint density at radius 2 is 2.04 bits per heavy atom.